The molecule has 1 N–H and O–H groups in total. The molecule has 0 aliphatic heterocycles. The molecule has 0 amide bonds. The summed E-state index contributed by atoms with van der Waals surface area (Å²) in [5, 5.41) is 11.1. The van der Waals surface area contributed by atoms with Crippen LogP contribution in [0.5, 0.6) is 5.75 Å². The van der Waals surface area contributed by atoms with Crippen molar-refractivity contribution in [3.63, 3.8) is 0 Å². The molecule has 0 spiro atoms. The number of rotatable bonds is 5. The summed E-state index contributed by atoms with van der Waals surface area (Å²) in [7, 11) is 0. The Morgan fingerprint density at radius 2 is 1.32 bits per heavy atom. The number of benzene rings is 2. The maximum atomic E-state index is 11.1. The number of aryl methyl sites for hydroxylation is 3. The lowest BCUT2D eigenvalue weighted by Gasteiger charge is -2.24. The Morgan fingerprint density at radius 3 is 1.80 bits per heavy atom. The number of aromatic hydroxyl groups is 1. The molecule has 2 aromatic carbocycles. The minimum absolute atomic E-state index is 0.373. The van der Waals surface area contributed by atoms with Crippen molar-refractivity contribution < 1.29 is 5.11 Å². The van der Waals surface area contributed by atoms with Crippen LogP contribution >= 0.6 is 0 Å². The number of hydrogen-bond acceptors (Lipinski definition) is 1. The maximum Gasteiger partial charge on any atom is 0.126 e. The van der Waals surface area contributed by atoms with Gasteiger partial charge in [-0.15, -0.1) is 0 Å². The van der Waals surface area contributed by atoms with Gasteiger partial charge >= 0.3 is 0 Å². The van der Waals surface area contributed by atoms with Crippen LogP contribution in [0.15, 0.2) is 18.2 Å². The summed E-state index contributed by atoms with van der Waals surface area (Å²) >= 11 is 0. The van der Waals surface area contributed by atoms with E-state index in [2.05, 4.69) is 66.7 Å². The molecule has 0 heterocycles. The van der Waals surface area contributed by atoms with Crippen molar-refractivity contribution in [2.75, 3.05) is 0 Å². The van der Waals surface area contributed by atoms with E-state index in [4.69, 9.17) is 0 Å². The van der Waals surface area contributed by atoms with Crippen molar-refractivity contribution in [3.05, 3.63) is 51.6 Å². The van der Waals surface area contributed by atoms with Crippen LogP contribution in [0.25, 0.3) is 11.1 Å². The Labute approximate surface area is 154 Å². The van der Waals surface area contributed by atoms with Gasteiger partial charge in [-0.05, 0) is 77.5 Å². The third-order valence-electron chi connectivity index (χ3n) is 5.48. The third kappa shape index (κ3) is 3.61. The molecule has 0 aliphatic rings. The largest absolute Gasteiger partial charge is 0.507 e. The predicted octanol–water partition coefficient (Wildman–Crippen LogP) is 7.05. The van der Waals surface area contributed by atoms with Crippen molar-refractivity contribution in [1.29, 1.82) is 0 Å². The first-order valence-electron chi connectivity index (χ1n) is 9.71. The van der Waals surface area contributed by atoms with Crippen molar-refractivity contribution in [1.82, 2.24) is 0 Å². The Kier molecular flexibility index (Phi) is 5.98. The smallest absolute Gasteiger partial charge is 0.126 e. The van der Waals surface area contributed by atoms with Crippen LogP contribution in [0, 0.1) is 13.8 Å². The molecule has 1 nitrogen and oxygen atoms in total. The molecule has 0 saturated heterocycles. The fourth-order valence-electron chi connectivity index (χ4n) is 3.80. The number of phenols is 1. The molecule has 0 fully saturated rings. The molecule has 0 atom stereocenters. The Balaban J connectivity index is 2.90. The van der Waals surface area contributed by atoms with Crippen LogP contribution in [0.3, 0.4) is 0 Å². The highest BCUT2D eigenvalue weighted by Crippen LogP contribution is 2.44. The first-order valence-corrected chi connectivity index (χ1v) is 9.71. The zero-order valence-corrected chi connectivity index (χ0v) is 17.2. The zero-order chi connectivity index (χ0) is 18.9. The molecule has 25 heavy (non-hydrogen) atoms. The highest BCUT2D eigenvalue weighted by Gasteiger charge is 2.21. The summed E-state index contributed by atoms with van der Waals surface area (Å²) in [4.78, 5) is 0. The van der Waals surface area contributed by atoms with Gasteiger partial charge in [-0.25, -0.2) is 0 Å². The Hall–Kier alpha value is -1.76. The van der Waals surface area contributed by atoms with Gasteiger partial charge in [0.1, 0.15) is 5.75 Å². The first-order chi connectivity index (χ1) is 11.7. The summed E-state index contributed by atoms with van der Waals surface area (Å²) in [6.07, 6.45) is 1.99. The molecule has 0 aromatic heterocycles. The first kappa shape index (κ1) is 19.6. The molecular formula is C24H34O. The monoisotopic (exact) mass is 338 g/mol. The van der Waals surface area contributed by atoms with E-state index in [0.717, 1.165) is 24.0 Å². The van der Waals surface area contributed by atoms with Crippen molar-refractivity contribution in [3.8, 4) is 16.9 Å². The van der Waals surface area contributed by atoms with E-state index in [1.54, 1.807) is 0 Å². The molecule has 0 radical (unpaired) electrons. The van der Waals surface area contributed by atoms with Crippen molar-refractivity contribution in [2.45, 2.75) is 80.1 Å². The van der Waals surface area contributed by atoms with Crippen LogP contribution in [-0.2, 0) is 12.8 Å². The third-order valence-corrected chi connectivity index (χ3v) is 5.48. The molecule has 0 saturated carbocycles. The zero-order valence-electron chi connectivity index (χ0n) is 17.2. The Bertz CT molecular complexity index is 766. The molecular weight excluding hydrogens is 304 g/mol. The predicted molar refractivity (Wildman–Crippen MR) is 110 cm³/mol. The highest BCUT2D eigenvalue weighted by molar-refractivity contribution is 5.80. The second-order valence-corrected chi connectivity index (χ2v) is 7.86. The SMILES string of the molecule is CCc1cc(C(C)C)c(-c2c(C(C)C)cc(CC)c(C)c2O)cc1C. The van der Waals surface area contributed by atoms with Gasteiger partial charge < -0.3 is 5.11 Å². The lowest BCUT2D eigenvalue weighted by atomic mass is 9.82. The lowest BCUT2D eigenvalue weighted by molar-refractivity contribution is 0.471. The second kappa shape index (κ2) is 7.64. The van der Waals surface area contributed by atoms with Gasteiger partial charge in [0, 0.05) is 5.56 Å². The number of phenolic OH excluding ortho intramolecular Hbond substituents is 1. The van der Waals surface area contributed by atoms with E-state index < -0.39 is 0 Å². The van der Waals surface area contributed by atoms with Crippen LogP contribution < -0.4 is 0 Å². The summed E-state index contributed by atoms with van der Waals surface area (Å²) < 4.78 is 0. The number of hydrogen-bond donors (Lipinski definition) is 1. The standard InChI is InChI=1S/C24H34O/c1-9-18-12-20(14(3)4)22(11-16(18)7)23-21(15(5)6)13-19(10-2)17(8)24(23)25/h11-15,25H,9-10H2,1-8H3. The van der Waals surface area contributed by atoms with Gasteiger partial charge in [-0.1, -0.05) is 59.7 Å². The molecule has 2 aromatic rings. The van der Waals surface area contributed by atoms with Crippen LogP contribution in [0.1, 0.15) is 86.8 Å². The fourth-order valence-corrected chi connectivity index (χ4v) is 3.80. The van der Waals surface area contributed by atoms with Gasteiger partial charge in [-0.2, -0.15) is 0 Å². The van der Waals surface area contributed by atoms with Gasteiger partial charge in [0.2, 0.25) is 0 Å². The molecule has 0 aliphatic carbocycles. The van der Waals surface area contributed by atoms with Gasteiger partial charge in [0.15, 0.2) is 0 Å². The topological polar surface area (TPSA) is 20.2 Å². The average Bonchev–Trinajstić information content (AvgIpc) is 2.56. The lowest BCUT2D eigenvalue weighted by Crippen LogP contribution is -2.03. The van der Waals surface area contributed by atoms with Crippen LogP contribution in [0.4, 0.5) is 0 Å². The molecule has 136 valence electrons. The van der Waals surface area contributed by atoms with E-state index in [-0.39, 0.29) is 0 Å². The minimum atomic E-state index is 0.373. The normalized spacial score (nSPS) is 11.6. The summed E-state index contributed by atoms with van der Waals surface area (Å²) in [6.45, 7) is 17.5. The van der Waals surface area contributed by atoms with Crippen LogP contribution in [0.2, 0.25) is 0 Å². The summed E-state index contributed by atoms with van der Waals surface area (Å²) in [5.74, 6) is 1.26. The fraction of sp³-hybridized carbons (Fsp3) is 0.500. The van der Waals surface area contributed by atoms with E-state index in [1.165, 1.54) is 33.4 Å². The molecule has 0 bridgehead atoms. The molecule has 2 rings (SSSR count). The Morgan fingerprint density at radius 1 is 0.800 bits per heavy atom. The average molecular weight is 339 g/mol. The maximum absolute atomic E-state index is 11.1. The molecule has 1 heteroatoms. The minimum Gasteiger partial charge on any atom is -0.507 e. The van der Waals surface area contributed by atoms with Gasteiger partial charge in [0.05, 0.1) is 0 Å². The van der Waals surface area contributed by atoms with E-state index in [9.17, 15) is 5.11 Å². The van der Waals surface area contributed by atoms with E-state index in [1.807, 2.05) is 6.92 Å². The van der Waals surface area contributed by atoms with E-state index >= 15 is 0 Å². The van der Waals surface area contributed by atoms with E-state index in [0.29, 0.717) is 17.6 Å². The summed E-state index contributed by atoms with van der Waals surface area (Å²) in [5.41, 5.74) is 9.82. The highest BCUT2D eigenvalue weighted by atomic mass is 16.3. The van der Waals surface area contributed by atoms with Gasteiger partial charge in [-0.3, -0.25) is 0 Å². The summed E-state index contributed by atoms with van der Waals surface area (Å²) in [6, 6.07) is 6.95. The second-order valence-electron chi connectivity index (χ2n) is 7.86. The van der Waals surface area contributed by atoms with Crippen molar-refractivity contribution in [2.24, 2.45) is 0 Å². The quantitative estimate of drug-likeness (QED) is 0.619. The molecule has 0 unspecified atom stereocenters. The van der Waals surface area contributed by atoms with Gasteiger partial charge in [0.25, 0.3) is 0 Å². The van der Waals surface area contributed by atoms with Crippen molar-refractivity contribution >= 4 is 0 Å². The van der Waals surface area contributed by atoms with Crippen LogP contribution in [-0.4, -0.2) is 5.11 Å².